The van der Waals surface area contributed by atoms with Gasteiger partial charge in [0.15, 0.2) is 11.5 Å². The Labute approximate surface area is 162 Å². The second-order valence-corrected chi connectivity index (χ2v) is 6.09. The van der Waals surface area contributed by atoms with Gasteiger partial charge in [-0.25, -0.2) is 4.98 Å². The Balaban J connectivity index is 1.70. The fourth-order valence-electron chi connectivity index (χ4n) is 3.00. The Morgan fingerprint density at radius 3 is 2.48 bits per heavy atom. The van der Waals surface area contributed by atoms with Gasteiger partial charge in [-0.2, -0.15) is 18.2 Å². The van der Waals surface area contributed by atoms with E-state index in [1.165, 1.54) is 20.3 Å². The number of halogens is 3. The van der Waals surface area contributed by atoms with Crippen molar-refractivity contribution in [2.45, 2.75) is 12.7 Å². The summed E-state index contributed by atoms with van der Waals surface area (Å²) in [5, 5.41) is 3.87. The molecule has 0 radical (unpaired) electrons. The molecule has 0 aliphatic heterocycles. The van der Waals surface area contributed by atoms with Gasteiger partial charge in [0.25, 0.3) is 0 Å². The molecule has 0 N–H and O–H groups in total. The van der Waals surface area contributed by atoms with Crippen molar-refractivity contribution in [3.8, 4) is 22.9 Å². The molecule has 2 aromatic carbocycles. The smallest absolute Gasteiger partial charge is 0.449 e. The molecule has 0 aliphatic carbocycles. The zero-order valence-electron chi connectivity index (χ0n) is 15.4. The summed E-state index contributed by atoms with van der Waals surface area (Å²) < 4.78 is 56.9. The average Bonchev–Trinajstić information content (AvgIpc) is 3.33. The highest BCUT2D eigenvalue weighted by atomic mass is 19.4. The van der Waals surface area contributed by atoms with Crippen molar-refractivity contribution in [3.05, 3.63) is 54.2 Å². The van der Waals surface area contributed by atoms with Crippen molar-refractivity contribution < 1.29 is 27.2 Å². The van der Waals surface area contributed by atoms with Crippen LogP contribution in [0.15, 0.2) is 47.0 Å². The van der Waals surface area contributed by atoms with E-state index in [2.05, 4.69) is 15.1 Å². The van der Waals surface area contributed by atoms with E-state index in [9.17, 15) is 13.2 Å². The molecule has 0 atom stereocenters. The number of para-hydroxylation sites is 2. The number of fused-ring (bicyclic) bond motifs is 1. The van der Waals surface area contributed by atoms with E-state index in [-0.39, 0.29) is 23.8 Å². The Hall–Kier alpha value is -3.56. The topological polar surface area (TPSA) is 75.2 Å². The van der Waals surface area contributed by atoms with Crippen LogP contribution in [-0.4, -0.2) is 33.9 Å². The van der Waals surface area contributed by atoms with Gasteiger partial charge in [-0.3, -0.25) is 0 Å². The van der Waals surface area contributed by atoms with Gasteiger partial charge < -0.3 is 18.6 Å². The van der Waals surface area contributed by atoms with Crippen molar-refractivity contribution in [2.75, 3.05) is 14.2 Å². The molecule has 4 rings (SSSR count). The molecule has 0 bridgehead atoms. The zero-order valence-corrected chi connectivity index (χ0v) is 15.4. The Bertz CT molecular complexity index is 1170. The van der Waals surface area contributed by atoms with Crippen LogP contribution in [0.4, 0.5) is 13.2 Å². The van der Waals surface area contributed by atoms with Crippen molar-refractivity contribution in [1.82, 2.24) is 19.7 Å². The molecule has 7 nitrogen and oxygen atoms in total. The van der Waals surface area contributed by atoms with E-state index in [4.69, 9.17) is 14.0 Å². The van der Waals surface area contributed by atoms with E-state index in [1.807, 2.05) is 0 Å². The average molecular weight is 404 g/mol. The van der Waals surface area contributed by atoms with Crippen LogP contribution < -0.4 is 9.47 Å². The lowest BCUT2D eigenvalue weighted by atomic mass is 10.2. The molecule has 0 amide bonds. The number of rotatable bonds is 5. The summed E-state index contributed by atoms with van der Waals surface area (Å²) in [5.41, 5.74) is 1.13. The van der Waals surface area contributed by atoms with E-state index in [0.29, 0.717) is 22.6 Å². The lowest BCUT2D eigenvalue weighted by molar-refractivity contribution is -0.146. The number of nitrogens with zero attached hydrogens (tertiary/aromatic N) is 4. The largest absolute Gasteiger partial charge is 0.493 e. The fraction of sp³-hybridized carbons (Fsp3) is 0.211. The number of aromatic nitrogens is 4. The SMILES string of the molecule is COc1ccc(-c2noc(Cn3c(C(F)(F)F)nc4ccccc43)n2)cc1OC. The minimum absolute atomic E-state index is 0.0171. The fourth-order valence-corrected chi connectivity index (χ4v) is 3.00. The molecule has 10 heteroatoms. The molecule has 0 saturated carbocycles. The van der Waals surface area contributed by atoms with Crippen molar-refractivity contribution in [2.24, 2.45) is 0 Å². The summed E-state index contributed by atoms with van der Waals surface area (Å²) in [4.78, 5) is 7.93. The van der Waals surface area contributed by atoms with Gasteiger partial charge in [0.05, 0.1) is 25.3 Å². The summed E-state index contributed by atoms with van der Waals surface area (Å²) >= 11 is 0. The highest BCUT2D eigenvalue weighted by Gasteiger charge is 2.38. The maximum atomic E-state index is 13.4. The number of alkyl halides is 3. The lowest BCUT2D eigenvalue weighted by Gasteiger charge is -2.09. The van der Waals surface area contributed by atoms with Crippen LogP contribution >= 0.6 is 0 Å². The normalized spacial score (nSPS) is 11.8. The molecular formula is C19H15F3N4O3. The third-order valence-electron chi connectivity index (χ3n) is 4.31. The van der Waals surface area contributed by atoms with Crippen LogP contribution in [0.2, 0.25) is 0 Å². The Kier molecular flexibility index (Phi) is 4.61. The first-order valence-corrected chi connectivity index (χ1v) is 8.48. The molecular weight excluding hydrogens is 389 g/mol. The maximum Gasteiger partial charge on any atom is 0.449 e. The van der Waals surface area contributed by atoms with Gasteiger partial charge in [0, 0.05) is 5.56 Å². The first-order chi connectivity index (χ1) is 13.9. The number of hydrogen-bond donors (Lipinski definition) is 0. The molecule has 0 unspecified atom stereocenters. The lowest BCUT2D eigenvalue weighted by Crippen LogP contribution is -2.15. The van der Waals surface area contributed by atoms with Crippen molar-refractivity contribution in [1.29, 1.82) is 0 Å². The monoisotopic (exact) mass is 404 g/mol. The van der Waals surface area contributed by atoms with E-state index in [1.54, 1.807) is 36.4 Å². The molecule has 4 aromatic rings. The van der Waals surface area contributed by atoms with Crippen molar-refractivity contribution in [3.63, 3.8) is 0 Å². The molecule has 150 valence electrons. The third kappa shape index (κ3) is 3.48. The quantitative estimate of drug-likeness (QED) is 0.497. The molecule has 0 saturated heterocycles. The van der Waals surface area contributed by atoms with E-state index >= 15 is 0 Å². The van der Waals surface area contributed by atoms with Crippen LogP contribution in [0.1, 0.15) is 11.7 Å². The number of hydrogen-bond acceptors (Lipinski definition) is 6. The third-order valence-corrected chi connectivity index (χ3v) is 4.31. The first-order valence-electron chi connectivity index (χ1n) is 8.48. The van der Waals surface area contributed by atoms with Gasteiger partial charge in [-0.15, -0.1) is 0 Å². The summed E-state index contributed by atoms with van der Waals surface area (Å²) in [7, 11) is 3.00. The summed E-state index contributed by atoms with van der Waals surface area (Å²) in [6, 6.07) is 11.4. The van der Waals surface area contributed by atoms with Crippen LogP contribution in [-0.2, 0) is 12.7 Å². The van der Waals surface area contributed by atoms with E-state index < -0.39 is 12.0 Å². The molecule has 0 spiro atoms. The van der Waals surface area contributed by atoms with Crippen LogP contribution in [0.5, 0.6) is 11.5 Å². The molecule has 2 aromatic heterocycles. The Morgan fingerprint density at radius 1 is 1.00 bits per heavy atom. The predicted octanol–water partition coefficient (Wildman–Crippen LogP) is 4.17. The standard InChI is InChI=1S/C19H15F3N4O3/c1-27-14-8-7-11(9-15(14)28-2)17-24-16(29-25-17)10-26-13-6-4-3-5-12(13)23-18(26)19(20,21)22/h3-9H,10H2,1-2H3. The van der Waals surface area contributed by atoms with Crippen LogP contribution in [0.3, 0.4) is 0 Å². The number of ether oxygens (including phenoxy) is 2. The van der Waals surface area contributed by atoms with Gasteiger partial charge in [0.2, 0.25) is 17.5 Å². The molecule has 2 heterocycles. The van der Waals surface area contributed by atoms with Crippen LogP contribution in [0.25, 0.3) is 22.4 Å². The highest BCUT2D eigenvalue weighted by Crippen LogP contribution is 2.33. The summed E-state index contributed by atoms with van der Waals surface area (Å²) in [6.07, 6.45) is -4.62. The van der Waals surface area contributed by atoms with Gasteiger partial charge >= 0.3 is 6.18 Å². The minimum atomic E-state index is -4.62. The van der Waals surface area contributed by atoms with Gasteiger partial charge in [0.1, 0.15) is 6.54 Å². The second kappa shape index (κ2) is 7.12. The number of imidazole rings is 1. The Morgan fingerprint density at radius 2 is 1.76 bits per heavy atom. The molecule has 0 aliphatic rings. The first kappa shape index (κ1) is 18.8. The summed E-state index contributed by atoms with van der Waals surface area (Å²) in [6.45, 7) is -0.268. The predicted molar refractivity (Wildman–Crippen MR) is 96.7 cm³/mol. The molecule has 29 heavy (non-hydrogen) atoms. The van der Waals surface area contributed by atoms with E-state index in [0.717, 1.165) is 4.57 Å². The zero-order chi connectivity index (χ0) is 20.6. The number of methoxy groups -OCH3 is 2. The summed E-state index contributed by atoms with van der Waals surface area (Å²) in [5.74, 6) is 0.211. The minimum Gasteiger partial charge on any atom is -0.493 e. The van der Waals surface area contributed by atoms with Gasteiger partial charge in [-0.1, -0.05) is 17.3 Å². The van der Waals surface area contributed by atoms with Crippen LogP contribution in [0, 0.1) is 0 Å². The maximum absolute atomic E-state index is 13.4. The molecule has 0 fully saturated rings. The van der Waals surface area contributed by atoms with Crippen molar-refractivity contribution >= 4 is 11.0 Å². The highest BCUT2D eigenvalue weighted by molar-refractivity contribution is 5.76. The number of benzene rings is 2. The van der Waals surface area contributed by atoms with Gasteiger partial charge in [-0.05, 0) is 30.3 Å². The second-order valence-electron chi connectivity index (χ2n) is 6.09.